The van der Waals surface area contributed by atoms with Gasteiger partial charge in [0.1, 0.15) is 5.76 Å². The van der Waals surface area contributed by atoms with Crippen molar-refractivity contribution in [2.75, 3.05) is 12.9 Å². The molecule has 0 spiro atoms. The summed E-state index contributed by atoms with van der Waals surface area (Å²) in [5.41, 5.74) is 4.15. The van der Waals surface area contributed by atoms with Gasteiger partial charge in [0.25, 0.3) is 0 Å². The molecule has 0 radical (unpaired) electrons. The van der Waals surface area contributed by atoms with Crippen LogP contribution in [0, 0.1) is 0 Å². The summed E-state index contributed by atoms with van der Waals surface area (Å²) in [6.07, 6.45) is -4.53. The van der Waals surface area contributed by atoms with E-state index in [1.165, 1.54) is 24.9 Å². The summed E-state index contributed by atoms with van der Waals surface area (Å²) in [6, 6.07) is 32.6. The van der Waals surface area contributed by atoms with E-state index in [4.69, 9.17) is 9.15 Å². The van der Waals surface area contributed by atoms with Gasteiger partial charge in [0.15, 0.2) is 0 Å². The Morgan fingerprint density at radius 3 is 2.36 bits per heavy atom. The van der Waals surface area contributed by atoms with E-state index in [1.807, 2.05) is 66.7 Å². The third-order valence-corrected chi connectivity index (χ3v) is 8.18. The first-order chi connectivity index (χ1) is 20.2. The molecule has 0 amide bonds. The molecule has 0 N–H and O–H groups in total. The van der Waals surface area contributed by atoms with Gasteiger partial charge in [0.2, 0.25) is 5.76 Å². The van der Waals surface area contributed by atoms with E-state index in [9.17, 15) is 18.0 Å². The van der Waals surface area contributed by atoms with Gasteiger partial charge in [-0.15, -0.1) is 11.8 Å². The number of esters is 1. The Hall–Kier alpha value is -4.01. The summed E-state index contributed by atoms with van der Waals surface area (Å²) in [5.74, 6) is -0.774. The smallest absolute Gasteiger partial charge is 0.449 e. The van der Waals surface area contributed by atoms with Crippen LogP contribution in [0.15, 0.2) is 112 Å². The lowest BCUT2D eigenvalue weighted by molar-refractivity contribution is -0.153. The van der Waals surface area contributed by atoms with Crippen LogP contribution in [0.5, 0.6) is 0 Å². The number of carbonyl (C=O) groups is 1. The molecule has 0 saturated carbocycles. The maximum atomic E-state index is 13.3. The van der Waals surface area contributed by atoms with Crippen molar-refractivity contribution in [2.45, 2.75) is 37.1 Å². The van der Waals surface area contributed by atoms with Crippen LogP contribution in [0.4, 0.5) is 13.2 Å². The van der Waals surface area contributed by atoms with Gasteiger partial charge < -0.3 is 9.15 Å². The van der Waals surface area contributed by atoms with E-state index in [1.54, 1.807) is 0 Å². The summed E-state index contributed by atoms with van der Waals surface area (Å²) in [5, 5.41) is 2.21. The molecule has 5 aromatic rings. The molecule has 8 heteroatoms. The van der Waals surface area contributed by atoms with Crippen LogP contribution in [0.1, 0.15) is 35.6 Å². The van der Waals surface area contributed by atoms with Gasteiger partial charge in [0.05, 0.1) is 19.4 Å². The van der Waals surface area contributed by atoms with Crippen molar-refractivity contribution in [3.8, 4) is 11.1 Å². The molecule has 42 heavy (non-hydrogen) atoms. The zero-order valence-corrected chi connectivity index (χ0v) is 24.0. The van der Waals surface area contributed by atoms with E-state index in [0.29, 0.717) is 6.54 Å². The highest BCUT2D eigenvalue weighted by molar-refractivity contribution is 8.00. The molecule has 0 saturated heterocycles. The number of benzene rings is 4. The molecule has 5 rings (SSSR count). The van der Waals surface area contributed by atoms with Crippen LogP contribution in [0.2, 0.25) is 0 Å². The van der Waals surface area contributed by atoms with Crippen LogP contribution in [-0.4, -0.2) is 23.7 Å². The molecule has 0 bridgehead atoms. The molecule has 1 heterocycles. The topological polar surface area (TPSA) is 42.7 Å². The summed E-state index contributed by atoms with van der Waals surface area (Å²) < 4.78 is 49.7. The van der Waals surface area contributed by atoms with Crippen LogP contribution in [0.25, 0.3) is 21.9 Å². The summed E-state index contributed by atoms with van der Waals surface area (Å²) in [7, 11) is 1.37. The molecule has 1 atom stereocenters. The predicted molar refractivity (Wildman–Crippen MR) is 160 cm³/mol. The van der Waals surface area contributed by atoms with E-state index in [2.05, 4.69) is 36.1 Å². The monoisotopic (exact) mass is 589 g/mol. The molecule has 4 nitrogen and oxygen atoms in total. The minimum atomic E-state index is -4.53. The lowest BCUT2D eigenvalue weighted by Gasteiger charge is -2.30. The number of furan rings is 1. The predicted octanol–water partition coefficient (Wildman–Crippen LogP) is 9.15. The van der Waals surface area contributed by atoms with Crippen molar-refractivity contribution in [1.82, 2.24) is 4.90 Å². The Bertz CT molecular complexity index is 1660. The highest BCUT2D eigenvalue weighted by Crippen LogP contribution is 2.34. The number of fused-ring (bicyclic) bond motifs is 1. The number of thioether (sulfide) groups is 1. The van der Waals surface area contributed by atoms with Crippen LogP contribution >= 0.6 is 11.8 Å². The van der Waals surface area contributed by atoms with Crippen molar-refractivity contribution in [3.63, 3.8) is 0 Å². The van der Waals surface area contributed by atoms with E-state index in [0.717, 1.165) is 44.0 Å². The molecule has 0 aliphatic rings. The average Bonchev–Trinajstić information content (AvgIpc) is 3.49. The summed E-state index contributed by atoms with van der Waals surface area (Å²) in [4.78, 5) is 14.6. The minimum absolute atomic E-state index is 0.112. The maximum absolute atomic E-state index is 13.3. The Balaban J connectivity index is 1.40. The Morgan fingerprint density at radius 2 is 1.62 bits per heavy atom. The van der Waals surface area contributed by atoms with Crippen LogP contribution in [-0.2, 0) is 28.8 Å². The van der Waals surface area contributed by atoms with Crippen molar-refractivity contribution in [2.24, 2.45) is 0 Å². The molecule has 0 fully saturated rings. The van der Waals surface area contributed by atoms with E-state index in [-0.39, 0.29) is 30.1 Å². The second-order valence-electron chi connectivity index (χ2n) is 10.0. The molecule has 1 unspecified atom stereocenters. The largest absolute Gasteiger partial charge is 0.468 e. The Labute approximate surface area is 247 Å². The van der Waals surface area contributed by atoms with Crippen LogP contribution < -0.4 is 0 Å². The standard InChI is InChI=1S/C34H30F3NO3S/c1-23(30-12-6-8-26-7-3-4-11-31(26)30)38(21-28-17-18-32(41-28)34(35,36)37)20-24-13-15-25(16-14-24)27-9-5-10-29(19-27)42-22-33(39)40-2/h3-19,23H,20-22H2,1-2H3. The molecule has 1 aromatic heterocycles. The molecule has 216 valence electrons. The van der Waals surface area contributed by atoms with Crippen molar-refractivity contribution in [3.05, 3.63) is 126 Å². The van der Waals surface area contributed by atoms with Gasteiger partial charge in [0, 0.05) is 17.5 Å². The van der Waals surface area contributed by atoms with Gasteiger partial charge in [-0.25, -0.2) is 0 Å². The number of nitrogens with zero attached hydrogens (tertiary/aromatic N) is 1. The second kappa shape index (κ2) is 12.9. The average molecular weight is 590 g/mol. The lowest BCUT2D eigenvalue weighted by Crippen LogP contribution is -2.26. The minimum Gasteiger partial charge on any atom is -0.468 e. The molecule has 0 aliphatic heterocycles. The fourth-order valence-electron chi connectivity index (χ4n) is 4.96. The second-order valence-corrected chi connectivity index (χ2v) is 11.1. The van der Waals surface area contributed by atoms with Crippen molar-refractivity contribution < 1.29 is 27.1 Å². The number of hydrogen-bond acceptors (Lipinski definition) is 5. The Morgan fingerprint density at radius 1 is 0.881 bits per heavy atom. The number of rotatable bonds is 10. The maximum Gasteiger partial charge on any atom is 0.449 e. The fraction of sp³-hybridized carbons (Fsp3) is 0.206. The highest BCUT2D eigenvalue weighted by atomic mass is 32.2. The van der Waals surface area contributed by atoms with Gasteiger partial charge in [-0.05, 0) is 64.2 Å². The Kier molecular flexibility index (Phi) is 9.04. The van der Waals surface area contributed by atoms with Crippen LogP contribution in [0.3, 0.4) is 0 Å². The quantitative estimate of drug-likeness (QED) is 0.120. The van der Waals surface area contributed by atoms with Gasteiger partial charge in [-0.1, -0.05) is 78.9 Å². The SMILES string of the molecule is COC(=O)CSc1cccc(-c2ccc(CN(Cc3ccc(C(F)(F)F)o3)C(C)c3cccc4ccccc34)cc2)c1. The number of ether oxygens (including phenoxy) is 1. The third kappa shape index (κ3) is 7.06. The van der Waals surface area contributed by atoms with Crippen molar-refractivity contribution >= 4 is 28.5 Å². The number of carbonyl (C=O) groups excluding carboxylic acids is 1. The van der Waals surface area contributed by atoms with Gasteiger partial charge in [-0.2, -0.15) is 13.2 Å². The number of methoxy groups -OCH3 is 1. The number of hydrogen-bond donors (Lipinski definition) is 0. The zero-order valence-electron chi connectivity index (χ0n) is 23.2. The van der Waals surface area contributed by atoms with Crippen molar-refractivity contribution in [1.29, 1.82) is 0 Å². The molecular weight excluding hydrogens is 559 g/mol. The summed E-state index contributed by atoms with van der Waals surface area (Å²) >= 11 is 1.42. The summed E-state index contributed by atoms with van der Waals surface area (Å²) in [6.45, 7) is 2.78. The molecule has 0 aliphatic carbocycles. The van der Waals surface area contributed by atoms with E-state index >= 15 is 0 Å². The van der Waals surface area contributed by atoms with Gasteiger partial charge >= 0.3 is 12.1 Å². The zero-order chi connectivity index (χ0) is 29.7. The number of halogens is 3. The number of alkyl halides is 3. The lowest BCUT2D eigenvalue weighted by atomic mass is 9.98. The first kappa shape index (κ1) is 29.5. The fourth-order valence-corrected chi connectivity index (χ4v) is 5.75. The normalized spacial score (nSPS) is 12.5. The molecular formula is C34H30F3NO3S. The highest BCUT2D eigenvalue weighted by Gasteiger charge is 2.35. The first-order valence-electron chi connectivity index (χ1n) is 13.5. The molecule has 4 aromatic carbocycles. The van der Waals surface area contributed by atoms with E-state index < -0.39 is 11.9 Å². The first-order valence-corrected chi connectivity index (χ1v) is 14.5. The third-order valence-electron chi connectivity index (χ3n) is 7.21. The van der Waals surface area contributed by atoms with Gasteiger partial charge in [-0.3, -0.25) is 9.69 Å².